The van der Waals surface area contributed by atoms with E-state index in [1.54, 1.807) is 27.7 Å². The van der Waals surface area contributed by atoms with Gasteiger partial charge in [-0.3, -0.25) is 4.90 Å². The molecule has 7 nitrogen and oxygen atoms in total. The molecule has 7 heteroatoms. The molecule has 1 fully saturated rings. The summed E-state index contributed by atoms with van der Waals surface area (Å²) in [6.45, 7) is 7.30. The van der Waals surface area contributed by atoms with Crippen molar-refractivity contribution in [2.45, 2.75) is 51.9 Å². The van der Waals surface area contributed by atoms with Gasteiger partial charge in [-0.25, -0.2) is 4.79 Å². The van der Waals surface area contributed by atoms with Gasteiger partial charge in [-0.05, 0) is 27.7 Å². The maximum atomic E-state index is 12.1. The molecule has 0 aliphatic carbocycles. The second-order valence-corrected chi connectivity index (χ2v) is 5.72. The fourth-order valence-corrected chi connectivity index (χ4v) is 2.02. The number of carbonyl (C=O) groups is 1. The molecule has 0 aromatic carbocycles. The van der Waals surface area contributed by atoms with Crippen LogP contribution in [0.5, 0.6) is 0 Å². The normalized spacial score (nSPS) is 23.7. The van der Waals surface area contributed by atoms with Crippen LogP contribution in [0.2, 0.25) is 0 Å². The summed E-state index contributed by atoms with van der Waals surface area (Å²) in [5.41, 5.74) is -0.583. The molecule has 2 atom stereocenters. The summed E-state index contributed by atoms with van der Waals surface area (Å²) in [6.07, 6.45) is -0.712. The highest BCUT2D eigenvalue weighted by molar-refractivity contribution is 5.69. The predicted molar refractivity (Wildman–Crippen MR) is 65.3 cm³/mol. The average Bonchev–Trinajstić information content (AvgIpc) is 2.81. The molecule has 1 N–H and O–H groups in total. The van der Waals surface area contributed by atoms with Crippen LogP contribution in [0.3, 0.4) is 0 Å². The van der Waals surface area contributed by atoms with E-state index in [0.29, 0.717) is 18.1 Å². The van der Waals surface area contributed by atoms with Gasteiger partial charge >= 0.3 is 6.09 Å². The van der Waals surface area contributed by atoms with Crippen molar-refractivity contribution in [2.24, 2.45) is 0 Å². The Morgan fingerprint density at radius 3 is 2.74 bits per heavy atom. The monoisotopic (exact) mass is 269 g/mol. The molecule has 0 radical (unpaired) electrons. The molecule has 0 unspecified atom stereocenters. The minimum atomic E-state index is -0.607. The number of aliphatic hydroxyl groups is 1. The summed E-state index contributed by atoms with van der Waals surface area (Å²) in [5.74, 6) is 0.834. The van der Waals surface area contributed by atoms with Gasteiger partial charge in [-0.15, -0.1) is 0 Å². The molecular weight excluding hydrogens is 250 g/mol. The first-order chi connectivity index (χ1) is 8.76. The summed E-state index contributed by atoms with van der Waals surface area (Å²) in [6, 6.07) is -0.425. The van der Waals surface area contributed by atoms with Crippen molar-refractivity contribution in [2.75, 3.05) is 6.54 Å². The number of amides is 1. The van der Waals surface area contributed by atoms with E-state index in [-0.39, 0.29) is 6.54 Å². The highest BCUT2D eigenvalue weighted by Gasteiger charge is 2.40. The van der Waals surface area contributed by atoms with Crippen molar-refractivity contribution in [1.29, 1.82) is 0 Å². The molecule has 1 aliphatic heterocycles. The molecule has 0 saturated carbocycles. The van der Waals surface area contributed by atoms with Gasteiger partial charge in [0.25, 0.3) is 0 Å². The lowest BCUT2D eigenvalue weighted by Crippen LogP contribution is -2.37. The van der Waals surface area contributed by atoms with Crippen molar-refractivity contribution in [1.82, 2.24) is 15.0 Å². The quantitative estimate of drug-likeness (QED) is 0.829. The standard InChI is InChI=1S/C12H19N3O4/c1-7-13-10(19-14-7)9-5-8(16)6-15(9)11(17)18-12(2,3)4/h8-9,16H,5-6H2,1-4H3/t8-,9+/m1/s1. The van der Waals surface area contributed by atoms with Crippen LogP contribution in [0.25, 0.3) is 0 Å². The van der Waals surface area contributed by atoms with E-state index >= 15 is 0 Å². The van der Waals surface area contributed by atoms with E-state index in [9.17, 15) is 9.90 Å². The number of hydrogen-bond acceptors (Lipinski definition) is 6. The van der Waals surface area contributed by atoms with Gasteiger partial charge in [0, 0.05) is 6.42 Å². The van der Waals surface area contributed by atoms with Crippen LogP contribution in [0.15, 0.2) is 4.52 Å². The zero-order valence-corrected chi connectivity index (χ0v) is 11.6. The fraction of sp³-hybridized carbons (Fsp3) is 0.750. The Labute approximate surface area is 111 Å². The maximum Gasteiger partial charge on any atom is 0.411 e. The molecule has 106 valence electrons. The number of ether oxygens (including phenoxy) is 1. The van der Waals surface area contributed by atoms with Crippen molar-refractivity contribution >= 4 is 6.09 Å². The molecule has 1 aromatic rings. The first-order valence-corrected chi connectivity index (χ1v) is 6.24. The van der Waals surface area contributed by atoms with Gasteiger partial charge in [0.1, 0.15) is 11.6 Å². The van der Waals surface area contributed by atoms with Crippen molar-refractivity contribution < 1.29 is 19.2 Å². The number of likely N-dealkylation sites (tertiary alicyclic amines) is 1. The Morgan fingerprint density at radius 1 is 1.53 bits per heavy atom. The van der Waals surface area contributed by atoms with E-state index in [0.717, 1.165) is 0 Å². The van der Waals surface area contributed by atoms with Crippen molar-refractivity contribution in [3.05, 3.63) is 11.7 Å². The van der Waals surface area contributed by atoms with Gasteiger partial charge in [-0.2, -0.15) is 4.98 Å². The number of hydrogen-bond donors (Lipinski definition) is 1. The second-order valence-electron chi connectivity index (χ2n) is 5.72. The Balaban J connectivity index is 2.16. The average molecular weight is 269 g/mol. The van der Waals surface area contributed by atoms with E-state index in [1.807, 2.05) is 0 Å². The van der Waals surface area contributed by atoms with E-state index < -0.39 is 23.8 Å². The van der Waals surface area contributed by atoms with Crippen LogP contribution >= 0.6 is 0 Å². The minimum absolute atomic E-state index is 0.209. The number of carbonyl (C=O) groups excluding carboxylic acids is 1. The molecule has 1 amide bonds. The van der Waals surface area contributed by atoms with Gasteiger partial charge < -0.3 is 14.4 Å². The summed E-state index contributed by atoms with van der Waals surface area (Å²) in [7, 11) is 0. The number of aliphatic hydroxyl groups excluding tert-OH is 1. The smallest absolute Gasteiger partial charge is 0.411 e. The first-order valence-electron chi connectivity index (χ1n) is 6.24. The van der Waals surface area contributed by atoms with Crippen LogP contribution in [0.1, 0.15) is 44.9 Å². The number of β-amino-alcohol motifs (C(OH)–C–C–N with tert-alkyl or cyclic N) is 1. The van der Waals surface area contributed by atoms with Crippen LogP contribution in [0.4, 0.5) is 4.79 Å². The summed E-state index contributed by atoms with van der Waals surface area (Å²) >= 11 is 0. The van der Waals surface area contributed by atoms with Crippen molar-refractivity contribution in [3.63, 3.8) is 0 Å². The zero-order valence-electron chi connectivity index (χ0n) is 11.6. The number of rotatable bonds is 1. The lowest BCUT2D eigenvalue weighted by molar-refractivity contribution is 0.0184. The molecule has 2 heterocycles. The fourth-order valence-electron chi connectivity index (χ4n) is 2.02. The molecule has 1 aliphatic rings. The van der Waals surface area contributed by atoms with Crippen LogP contribution in [0, 0.1) is 6.92 Å². The zero-order chi connectivity index (χ0) is 14.2. The molecule has 2 rings (SSSR count). The topological polar surface area (TPSA) is 88.7 Å². The third-order valence-corrected chi connectivity index (χ3v) is 2.74. The van der Waals surface area contributed by atoms with E-state index in [2.05, 4.69) is 10.1 Å². The van der Waals surface area contributed by atoms with Crippen molar-refractivity contribution in [3.8, 4) is 0 Å². The van der Waals surface area contributed by atoms with Crippen LogP contribution in [-0.2, 0) is 4.74 Å². The maximum absolute atomic E-state index is 12.1. The van der Waals surface area contributed by atoms with Gasteiger partial charge in [0.05, 0.1) is 12.6 Å². The highest BCUT2D eigenvalue weighted by Crippen LogP contribution is 2.32. The van der Waals surface area contributed by atoms with Gasteiger partial charge in [0.2, 0.25) is 5.89 Å². The molecule has 1 saturated heterocycles. The Hall–Kier alpha value is -1.63. The molecule has 1 aromatic heterocycles. The first kappa shape index (κ1) is 13.8. The minimum Gasteiger partial charge on any atom is -0.444 e. The third-order valence-electron chi connectivity index (χ3n) is 2.74. The van der Waals surface area contributed by atoms with Crippen LogP contribution < -0.4 is 0 Å². The Bertz CT molecular complexity index is 466. The molecule has 0 bridgehead atoms. The van der Waals surface area contributed by atoms with E-state index in [1.165, 1.54) is 4.90 Å². The van der Waals surface area contributed by atoms with Crippen LogP contribution in [-0.4, -0.2) is 44.5 Å². The lowest BCUT2D eigenvalue weighted by atomic mass is 10.2. The molecule has 19 heavy (non-hydrogen) atoms. The number of aromatic nitrogens is 2. The largest absolute Gasteiger partial charge is 0.444 e. The lowest BCUT2D eigenvalue weighted by Gasteiger charge is -2.26. The van der Waals surface area contributed by atoms with E-state index in [4.69, 9.17) is 9.26 Å². The summed E-state index contributed by atoms with van der Waals surface area (Å²) in [5, 5.41) is 13.5. The Kier molecular flexibility index (Phi) is 3.49. The van der Waals surface area contributed by atoms with Gasteiger partial charge in [-0.1, -0.05) is 5.16 Å². The number of nitrogens with zero attached hydrogens (tertiary/aromatic N) is 3. The molecular formula is C12H19N3O4. The predicted octanol–water partition coefficient (Wildman–Crippen LogP) is 1.42. The Morgan fingerprint density at radius 2 is 2.21 bits per heavy atom. The summed E-state index contributed by atoms with van der Waals surface area (Å²) in [4.78, 5) is 17.7. The molecule has 0 spiro atoms. The third kappa shape index (κ3) is 3.23. The van der Waals surface area contributed by atoms with Gasteiger partial charge in [0.15, 0.2) is 5.82 Å². The summed E-state index contributed by atoms with van der Waals surface area (Å²) < 4.78 is 10.4. The SMILES string of the molecule is Cc1noc([C@@H]2C[C@@H](O)CN2C(=O)OC(C)(C)C)n1. The second kappa shape index (κ2) is 4.80. The number of aryl methyl sites for hydroxylation is 1. The highest BCUT2D eigenvalue weighted by atomic mass is 16.6.